The molecule has 0 saturated heterocycles. The van der Waals surface area contributed by atoms with E-state index in [2.05, 4.69) is 27.7 Å². The summed E-state index contributed by atoms with van der Waals surface area (Å²) in [5.74, 6) is -0.819. The van der Waals surface area contributed by atoms with Crippen LogP contribution in [0.25, 0.3) is 0 Å². The van der Waals surface area contributed by atoms with Crippen molar-refractivity contribution in [3.63, 3.8) is 0 Å². The van der Waals surface area contributed by atoms with Crippen LogP contribution in [0.2, 0.25) is 0 Å². The van der Waals surface area contributed by atoms with Crippen LogP contribution < -0.4 is 0 Å². The molecule has 3 heteroatoms. The average Bonchev–Trinajstić information content (AvgIpc) is 2.92. The maximum absolute atomic E-state index is 6.37. The van der Waals surface area contributed by atoms with Gasteiger partial charge >= 0.3 is 0 Å². The molecular weight excluding hydrogens is 468 g/mol. The van der Waals surface area contributed by atoms with Crippen LogP contribution in [0.5, 0.6) is 0 Å². The van der Waals surface area contributed by atoms with Crippen LogP contribution in [0.4, 0.5) is 0 Å². The SMILES string of the molecule is CCCCCCCCCCCCCCCCCC(OCC)(OCCCCC)OCCCCCCCCCC. The second kappa shape index (κ2) is 31.4. The molecule has 1 atom stereocenters. The van der Waals surface area contributed by atoms with Crippen molar-refractivity contribution in [2.75, 3.05) is 19.8 Å². The van der Waals surface area contributed by atoms with Gasteiger partial charge in [0.1, 0.15) is 0 Å². The Labute approximate surface area is 240 Å². The topological polar surface area (TPSA) is 27.7 Å². The summed E-state index contributed by atoms with van der Waals surface area (Å²) >= 11 is 0. The molecular formula is C35H72O3. The van der Waals surface area contributed by atoms with Crippen molar-refractivity contribution in [1.82, 2.24) is 0 Å². The minimum absolute atomic E-state index is 0.643. The molecule has 0 spiro atoms. The first-order valence-electron chi connectivity index (χ1n) is 17.7. The van der Waals surface area contributed by atoms with Crippen molar-refractivity contribution in [2.24, 2.45) is 0 Å². The van der Waals surface area contributed by atoms with Gasteiger partial charge in [0, 0.05) is 13.0 Å². The maximum atomic E-state index is 6.37. The van der Waals surface area contributed by atoms with E-state index in [0.29, 0.717) is 6.61 Å². The van der Waals surface area contributed by atoms with E-state index in [4.69, 9.17) is 14.2 Å². The highest BCUT2D eigenvalue weighted by Gasteiger charge is 2.32. The van der Waals surface area contributed by atoms with Gasteiger partial charge < -0.3 is 14.2 Å². The van der Waals surface area contributed by atoms with Crippen molar-refractivity contribution < 1.29 is 14.2 Å². The Hall–Kier alpha value is -0.120. The molecule has 0 rings (SSSR count). The molecule has 0 N–H and O–H groups in total. The zero-order chi connectivity index (χ0) is 27.8. The maximum Gasteiger partial charge on any atom is 0.282 e. The molecule has 0 heterocycles. The van der Waals surface area contributed by atoms with Crippen LogP contribution >= 0.6 is 0 Å². The van der Waals surface area contributed by atoms with E-state index in [-0.39, 0.29) is 0 Å². The lowest BCUT2D eigenvalue weighted by molar-refractivity contribution is -0.383. The van der Waals surface area contributed by atoms with E-state index in [1.165, 1.54) is 148 Å². The fraction of sp³-hybridized carbons (Fsp3) is 1.00. The summed E-state index contributed by atoms with van der Waals surface area (Å²) in [5, 5.41) is 0. The number of rotatable bonds is 33. The predicted octanol–water partition coefficient (Wildman–Crippen LogP) is 12.3. The first kappa shape index (κ1) is 37.9. The molecule has 0 amide bonds. The second-order valence-corrected chi connectivity index (χ2v) is 11.7. The zero-order valence-corrected chi connectivity index (χ0v) is 26.9. The van der Waals surface area contributed by atoms with Gasteiger partial charge in [-0.1, -0.05) is 168 Å². The first-order chi connectivity index (χ1) is 18.7. The van der Waals surface area contributed by atoms with Crippen LogP contribution in [0.15, 0.2) is 0 Å². The van der Waals surface area contributed by atoms with E-state index in [9.17, 15) is 0 Å². The van der Waals surface area contributed by atoms with Crippen LogP contribution in [0.1, 0.15) is 201 Å². The fourth-order valence-electron chi connectivity index (χ4n) is 5.32. The number of unbranched alkanes of at least 4 members (excludes halogenated alkanes) is 23. The molecule has 0 aliphatic carbocycles. The fourth-order valence-corrected chi connectivity index (χ4v) is 5.32. The molecule has 38 heavy (non-hydrogen) atoms. The highest BCUT2D eigenvalue weighted by molar-refractivity contribution is 4.61. The molecule has 0 aliphatic heterocycles. The molecule has 3 nitrogen and oxygen atoms in total. The van der Waals surface area contributed by atoms with Gasteiger partial charge in [0.25, 0.3) is 5.97 Å². The Morgan fingerprint density at radius 1 is 0.316 bits per heavy atom. The lowest BCUT2D eigenvalue weighted by Crippen LogP contribution is -2.40. The largest absolute Gasteiger partial charge is 0.328 e. The highest BCUT2D eigenvalue weighted by atomic mass is 16.9. The third-order valence-corrected chi connectivity index (χ3v) is 7.84. The van der Waals surface area contributed by atoms with Gasteiger partial charge in [-0.2, -0.15) is 0 Å². The van der Waals surface area contributed by atoms with Gasteiger partial charge in [-0.05, 0) is 26.2 Å². The third-order valence-electron chi connectivity index (χ3n) is 7.84. The van der Waals surface area contributed by atoms with Crippen molar-refractivity contribution in [3.8, 4) is 0 Å². The van der Waals surface area contributed by atoms with Crippen LogP contribution in [-0.2, 0) is 14.2 Å². The quantitative estimate of drug-likeness (QED) is 0.0612. The summed E-state index contributed by atoms with van der Waals surface area (Å²) in [6.07, 6.45) is 35.7. The van der Waals surface area contributed by atoms with Gasteiger partial charge in [-0.25, -0.2) is 0 Å². The van der Waals surface area contributed by atoms with E-state index < -0.39 is 5.97 Å². The smallest absolute Gasteiger partial charge is 0.282 e. The summed E-state index contributed by atoms with van der Waals surface area (Å²) in [7, 11) is 0. The molecule has 1 unspecified atom stereocenters. The number of hydrogen-bond donors (Lipinski definition) is 0. The molecule has 230 valence electrons. The first-order valence-corrected chi connectivity index (χ1v) is 17.7. The van der Waals surface area contributed by atoms with E-state index >= 15 is 0 Å². The predicted molar refractivity (Wildman–Crippen MR) is 168 cm³/mol. The van der Waals surface area contributed by atoms with E-state index in [1.807, 2.05) is 0 Å². The monoisotopic (exact) mass is 541 g/mol. The Balaban J connectivity index is 4.06. The Bertz CT molecular complexity index is 427. The summed E-state index contributed by atoms with van der Waals surface area (Å²) in [6.45, 7) is 11.0. The Morgan fingerprint density at radius 2 is 0.605 bits per heavy atom. The second-order valence-electron chi connectivity index (χ2n) is 11.7. The molecule has 0 fully saturated rings. The van der Waals surface area contributed by atoms with Crippen LogP contribution in [-0.4, -0.2) is 25.8 Å². The standard InChI is InChI=1S/C35H72O3/c1-5-9-12-14-16-18-19-20-21-22-23-24-25-27-29-32-35(36-8-4,37-33-30-11-7-3)38-34-31-28-26-17-15-13-10-6-2/h5-34H2,1-4H3. The third kappa shape index (κ3) is 26.1. The van der Waals surface area contributed by atoms with Gasteiger partial charge in [0.2, 0.25) is 0 Å². The lowest BCUT2D eigenvalue weighted by Gasteiger charge is -2.33. The molecule has 0 aliphatic rings. The molecule has 0 aromatic rings. The van der Waals surface area contributed by atoms with Crippen molar-refractivity contribution in [3.05, 3.63) is 0 Å². The van der Waals surface area contributed by atoms with Gasteiger partial charge in [0.15, 0.2) is 0 Å². The Kier molecular flexibility index (Phi) is 31.3. The molecule has 0 aromatic carbocycles. The number of ether oxygens (including phenoxy) is 3. The normalized spacial score (nSPS) is 13.3. The summed E-state index contributed by atoms with van der Waals surface area (Å²) in [4.78, 5) is 0. The highest BCUT2D eigenvalue weighted by Crippen LogP contribution is 2.26. The zero-order valence-electron chi connectivity index (χ0n) is 26.9. The number of hydrogen-bond acceptors (Lipinski definition) is 3. The van der Waals surface area contributed by atoms with Gasteiger partial charge in [-0.15, -0.1) is 0 Å². The molecule has 0 radical (unpaired) electrons. The minimum Gasteiger partial charge on any atom is -0.328 e. The van der Waals surface area contributed by atoms with Gasteiger partial charge in [0.05, 0.1) is 13.2 Å². The molecule has 0 saturated carbocycles. The van der Waals surface area contributed by atoms with Crippen LogP contribution in [0.3, 0.4) is 0 Å². The molecule has 0 bridgehead atoms. The lowest BCUT2D eigenvalue weighted by atomic mass is 10.0. The van der Waals surface area contributed by atoms with E-state index in [0.717, 1.165) is 38.9 Å². The van der Waals surface area contributed by atoms with Gasteiger partial charge in [-0.3, -0.25) is 0 Å². The van der Waals surface area contributed by atoms with E-state index in [1.54, 1.807) is 0 Å². The van der Waals surface area contributed by atoms with Crippen molar-refractivity contribution in [2.45, 2.75) is 207 Å². The average molecular weight is 541 g/mol. The minimum atomic E-state index is -0.819. The molecule has 0 aromatic heterocycles. The van der Waals surface area contributed by atoms with Crippen molar-refractivity contribution >= 4 is 0 Å². The summed E-state index contributed by atoms with van der Waals surface area (Å²) in [5.41, 5.74) is 0. The van der Waals surface area contributed by atoms with Crippen molar-refractivity contribution in [1.29, 1.82) is 0 Å². The van der Waals surface area contributed by atoms with Crippen LogP contribution in [0, 0.1) is 0 Å². The summed E-state index contributed by atoms with van der Waals surface area (Å²) < 4.78 is 18.8. The Morgan fingerprint density at radius 3 is 0.974 bits per heavy atom. The summed E-state index contributed by atoms with van der Waals surface area (Å²) in [6, 6.07) is 0.